The molecule has 1 heterocycles. The summed E-state index contributed by atoms with van der Waals surface area (Å²) in [6.07, 6.45) is -2.79. The average Bonchev–Trinajstić information content (AvgIpc) is 2.71. The minimum Gasteiger partial charge on any atom is -0.458 e. The highest BCUT2D eigenvalue weighted by Crippen LogP contribution is 2.50. The zero-order valence-electron chi connectivity index (χ0n) is 18.7. The summed E-state index contributed by atoms with van der Waals surface area (Å²) in [5.41, 5.74) is 8.79. The Kier molecular flexibility index (Phi) is 12.8. The van der Waals surface area contributed by atoms with Gasteiger partial charge in [-0.25, -0.2) is 4.57 Å². The molecule has 0 aromatic carbocycles. The van der Waals surface area contributed by atoms with Crippen molar-refractivity contribution in [3.63, 3.8) is 0 Å². The van der Waals surface area contributed by atoms with Crippen molar-refractivity contribution in [2.45, 2.75) is 84.0 Å². The quantitative estimate of drug-likeness (QED) is 0.0969. The van der Waals surface area contributed by atoms with Crippen molar-refractivity contribution in [1.29, 1.82) is 0 Å². The minimum absolute atomic E-state index is 0.135. The molecule has 0 radical (unpaired) electrons. The predicted molar refractivity (Wildman–Crippen MR) is 110 cm³/mol. The second-order valence-electron chi connectivity index (χ2n) is 7.03. The van der Waals surface area contributed by atoms with E-state index in [0.717, 1.165) is 26.7 Å². The van der Waals surface area contributed by atoms with Gasteiger partial charge in [0.15, 0.2) is 18.5 Å². The Morgan fingerprint density at radius 1 is 1.03 bits per heavy atom. The highest BCUT2D eigenvalue weighted by Gasteiger charge is 2.50. The van der Waals surface area contributed by atoms with Crippen LogP contribution in [0.5, 0.6) is 0 Å². The normalized spacial score (nSPS) is 25.6. The number of ether oxygens (including phenoxy) is 3. The molecular weight excluding hydrogens is 449 g/mol. The lowest BCUT2D eigenvalue weighted by molar-refractivity contribution is -0.258. The first-order valence-corrected chi connectivity index (χ1v) is 11.9. The van der Waals surface area contributed by atoms with E-state index in [9.17, 15) is 19.3 Å². The van der Waals surface area contributed by atoms with Gasteiger partial charge in [0.05, 0.1) is 19.8 Å². The maximum absolute atomic E-state index is 13.0. The molecule has 5 atom stereocenters. The standard InChI is InChI=1S/C18H32N3O10P/c1-5-7-9-26-32(25,27-10-8-6-2)28-11-14-16(29-12(3)22)17(30-13(4)23)15(20-21-19)18(24)31-14/h14-18,24H,5-11H2,1-4H3/t14?,15?,16-,17-,18+/m1/s1. The van der Waals surface area contributed by atoms with Crippen LogP contribution in [0.4, 0.5) is 0 Å². The Balaban J connectivity index is 3.07. The molecule has 2 unspecified atom stereocenters. The first-order chi connectivity index (χ1) is 15.2. The minimum atomic E-state index is -3.99. The average molecular weight is 481 g/mol. The molecule has 1 rings (SSSR count). The second kappa shape index (κ2) is 14.4. The molecule has 1 N–H and O–H groups in total. The van der Waals surface area contributed by atoms with Gasteiger partial charge in [-0.05, 0) is 18.4 Å². The van der Waals surface area contributed by atoms with Crippen LogP contribution in [0.3, 0.4) is 0 Å². The van der Waals surface area contributed by atoms with Gasteiger partial charge in [-0.1, -0.05) is 31.8 Å². The number of carbonyl (C=O) groups is 2. The van der Waals surface area contributed by atoms with Gasteiger partial charge >= 0.3 is 19.8 Å². The summed E-state index contributed by atoms with van der Waals surface area (Å²) in [7, 11) is -3.99. The third-order valence-electron chi connectivity index (χ3n) is 4.31. The number of carbonyl (C=O) groups excluding carboxylic acids is 2. The molecule has 184 valence electrons. The number of rotatable bonds is 14. The number of azide groups is 1. The van der Waals surface area contributed by atoms with Gasteiger partial charge < -0.3 is 19.3 Å². The van der Waals surface area contributed by atoms with E-state index < -0.39 is 57.0 Å². The van der Waals surface area contributed by atoms with Crippen molar-refractivity contribution in [3.05, 3.63) is 10.4 Å². The van der Waals surface area contributed by atoms with E-state index in [0.29, 0.717) is 12.8 Å². The molecule has 1 aliphatic heterocycles. The van der Waals surface area contributed by atoms with Crippen LogP contribution in [0.1, 0.15) is 53.4 Å². The van der Waals surface area contributed by atoms with Crippen molar-refractivity contribution >= 4 is 19.8 Å². The first-order valence-electron chi connectivity index (χ1n) is 10.4. The molecule has 14 heteroatoms. The Morgan fingerprint density at radius 2 is 1.56 bits per heavy atom. The number of aliphatic hydroxyl groups excluding tert-OH is 1. The number of unbranched alkanes of at least 4 members (excludes halogenated alkanes) is 2. The van der Waals surface area contributed by atoms with Crippen molar-refractivity contribution in [3.8, 4) is 0 Å². The fourth-order valence-corrected chi connectivity index (χ4v) is 4.06. The zero-order valence-corrected chi connectivity index (χ0v) is 19.6. The van der Waals surface area contributed by atoms with Gasteiger partial charge in [-0.2, -0.15) is 0 Å². The molecule has 0 aromatic rings. The third-order valence-corrected chi connectivity index (χ3v) is 5.78. The van der Waals surface area contributed by atoms with Gasteiger partial charge in [0, 0.05) is 18.8 Å². The molecule has 0 aliphatic carbocycles. The summed E-state index contributed by atoms with van der Waals surface area (Å²) in [6, 6.07) is -1.39. The van der Waals surface area contributed by atoms with Gasteiger partial charge in [-0.3, -0.25) is 23.2 Å². The third kappa shape index (κ3) is 9.41. The lowest BCUT2D eigenvalue weighted by Gasteiger charge is -2.42. The van der Waals surface area contributed by atoms with Crippen molar-refractivity contribution < 1.29 is 47.0 Å². The fourth-order valence-electron chi connectivity index (χ4n) is 2.80. The van der Waals surface area contributed by atoms with Crippen molar-refractivity contribution in [2.75, 3.05) is 19.8 Å². The Hall–Kier alpha value is -1.72. The number of phosphoric ester groups is 1. The molecule has 32 heavy (non-hydrogen) atoms. The molecular formula is C18H32N3O10P. The number of nitrogens with zero attached hydrogens (tertiary/aromatic N) is 3. The summed E-state index contributed by atoms with van der Waals surface area (Å²) in [5, 5.41) is 13.7. The van der Waals surface area contributed by atoms with Crippen LogP contribution in [-0.2, 0) is 41.9 Å². The smallest absolute Gasteiger partial charge is 0.458 e. The van der Waals surface area contributed by atoms with Gasteiger partial charge in [0.1, 0.15) is 12.1 Å². The van der Waals surface area contributed by atoms with Crippen LogP contribution in [0, 0.1) is 0 Å². The van der Waals surface area contributed by atoms with Crippen LogP contribution in [0.2, 0.25) is 0 Å². The Bertz CT molecular complexity index is 688. The van der Waals surface area contributed by atoms with Crippen molar-refractivity contribution in [1.82, 2.24) is 0 Å². The van der Waals surface area contributed by atoms with E-state index in [1.807, 2.05) is 13.8 Å². The molecule has 0 saturated carbocycles. The zero-order chi connectivity index (χ0) is 24.1. The molecule has 0 amide bonds. The molecule has 13 nitrogen and oxygen atoms in total. The fraction of sp³-hybridized carbons (Fsp3) is 0.889. The topological polar surface area (TPSA) is 176 Å². The van der Waals surface area contributed by atoms with E-state index in [2.05, 4.69) is 10.0 Å². The highest BCUT2D eigenvalue weighted by molar-refractivity contribution is 7.48. The molecule has 1 aliphatic rings. The lowest BCUT2D eigenvalue weighted by atomic mass is 9.97. The van der Waals surface area contributed by atoms with Gasteiger partial charge in [0.2, 0.25) is 0 Å². The summed E-state index contributed by atoms with van der Waals surface area (Å²) in [5.74, 6) is -1.52. The number of esters is 2. The van der Waals surface area contributed by atoms with Crippen LogP contribution >= 0.6 is 7.82 Å². The van der Waals surface area contributed by atoms with E-state index >= 15 is 0 Å². The molecule has 1 saturated heterocycles. The lowest BCUT2D eigenvalue weighted by Crippen LogP contribution is -2.60. The first kappa shape index (κ1) is 28.3. The molecule has 0 spiro atoms. The summed E-state index contributed by atoms with van der Waals surface area (Å²) < 4.78 is 44.8. The van der Waals surface area contributed by atoms with Gasteiger partial charge in [-0.15, -0.1) is 0 Å². The largest absolute Gasteiger partial charge is 0.474 e. The van der Waals surface area contributed by atoms with E-state index in [1.165, 1.54) is 0 Å². The molecule has 1 fully saturated rings. The SMILES string of the molecule is CCCCOP(=O)(OCCCC)OCC1O[C@H](O)C(N=[N+]=[N-])[C@@H](OC(C)=O)[C@@H]1OC(C)=O. The summed E-state index contributed by atoms with van der Waals surface area (Å²) in [4.78, 5) is 25.8. The Morgan fingerprint density at radius 3 is 2.03 bits per heavy atom. The number of hydrogen-bond donors (Lipinski definition) is 1. The van der Waals surface area contributed by atoms with Crippen LogP contribution in [0.25, 0.3) is 10.4 Å². The molecule has 0 aromatic heterocycles. The van der Waals surface area contributed by atoms with E-state index in [4.69, 9.17) is 33.3 Å². The van der Waals surface area contributed by atoms with Crippen molar-refractivity contribution in [2.24, 2.45) is 5.11 Å². The summed E-state index contributed by atoms with van der Waals surface area (Å²) in [6.45, 7) is 5.86. The second-order valence-corrected chi connectivity index (χ2v) is 8.69. The van der Waals surface area contributed by atoms with E-state index in [-0.39, 0.29) is 13.2 Å². The maximum atomic E-state index is 13.0. The van der Waals surface area contributed by atoms with Crippen LogP contribution in [-0.4, -0.2) is 67.5 Å². The monoisotopic (exact) mass is 481 g/mol. The number of phosphoric acid groups is 1. The van der Waals surface area contributed by atoms with Crippen LogP contribution < -0.4 is 0 Å². The Labute approximate surface area is 186 Å². The molecule has 0 bridgehead atoms. The number of hydrogen-bond acceptors (Lipinski definition) is 11. The van der Waals surface area contributed by atoms with Gasteiger partial charge in [0.25, 0.3) is 0 Å². The summed E-state index contributed by atoms with van der Waals surface area (Å²) >= 11 is 0. The van der Waals surface area contributed by atoms with Crippen LogP contribution in [0.15, 0.2) is 5.11 Å². The maximum Gasteiger partial charge on any atom is 0.474 e. The number of aliphatic hydroxyl groups is 1. The predicted octanol–water partition coefficient (Wildman–Crippen LogP) is 3.00. The highest BCUT2D eigenvalue weighted by atomic mass is 31.2. The van der Waals surface area contributed by atoms with E-state index in [1.54, 1.807) is 0 Å².